The van der Waals surface area contributed by atoms with Gasteiger partial charge in [-0.2, -0.15) is 4.98 Å². The fourth-order valence-electron chi connectivity index (χ4n) is 2.54. The maximum atomic E-state index is 11.5. The number of amides is 1. The Bertz CT molecular complexity index is 749. The maximum absolute atomic E-state index is 11.5. The van der Waals surface area contributed by atoms with E-state index in [1.807, 2.05) is 6.92 Å². The fourth-order valence-corrected chi connectivity index (χ4v) is 2.71. The quantitative estimate of drug-likeness (QED) is 0.803. The van der Waals surface area contributed by atoms with Crippen LogP contribution in [0.1, 0.15) is 19.2 Å². The van der Waals surface area contributed by atoms with E-state index in [0.717, 1.165) is 0 Å². The van der Waals surface area contributed by atoms with E-state index in [2.05, 4.69) is 15.5 Å². The number of carbonyl (C=O) groups is 1. The minimum absolute atomic E-state index is 0.0245. The van der Waals surface area contributed by atoms with E-state index in [0.29, 0.717) is 54.2 Å². The summed E-state index contributed by atoms with van der Waals surface area (Å²) in [4.78, 5) is 16.0. The summed E-state index contributed by atoms with van der Waals surface area (Å²) < 4.78 is 16.1. The van der Waals surface area contributed by atoms with Gasteiger partial charge in [0.15, 0.2) is 0 Å². The molecule has 1 fully saturated rings. The van der Waals surface area contributed by atoms with Gasteiger partial charge in [-0.15, -0.1) is 0 Å². The molecule has 1 aromatic heterocycles. The van der Waals surface area contributed by atoms with Crippen LogP contribution in [-0.2, 0) is 14.9 Å². The highest BCUT2D eigenvalue weighted by molar-refractivity contribution is 6.30. The van der Waals surface area contributed by atoms with Crippen LogP contribution in [0.3, 0.4) is 0 Å². The molecule has 1 aliphatic heterocycles. The third-order valence-corrected chi connectivity index (χ3v) is 4.13. The molecule has 1 aliphatic rings. The standard InChI is InChI=1S/C16H18ClN3O4/c1-16(8-13(21)18-9-16)15-19-14(20-24-15)11-7-10(17)3-4-12(11)23-6-5-22-2/h3-4,7H,5-6,8-9H2,1-2H3,(H,18,21). The van der Waals surface area contributed by atoms with Gasteiger partial charge in [-0.05, 0) is 25.1 Å². The maximum Gasteiger partial charge on any atom is 0.235 e. The summed E-state index contributed by atoms with van der Waals surface area (Å²) in [6.07, 6.45) is 0.321. The van der Waals surface area contributed by atoms with Gasteiger partial charge in [0.05, 0.1) is 17.6 Å². The van der Waals surface area contributed by atoms with E-state index in [-0.39, 0.29) is 5.91 Å². The molecule has 1 amide bonds. The monoisotopic (exact) mass is 351 g/mol. The lowest BCUT2D eigenvalue weighted by molar-refractivity contribution is -0.119. The molecule has 3 rings (SSSR count). The molecule has 0 bridgehead atoms. The molecule has 2 aromatic rings. The van der Waals surface area contributed by atoms with E-state index < -0.39 is 5.41 Å². The highest BCUT2D eigenvalue weighted by Crippen LogP contribution is 2.34. The zero-order chi connectivity index (χ0) is 17.2. The van der Waals surface area contributed by atoms with Crippen molar-refractivity contribution in [1.82, 2.24) is 15.5 Å². The van der Waals surface area contributed by atoms with Crippen molar-refractivity contribution < 1.29 is 18.8 Å². The van der Waals surface area contributed by atoms with Crippen molar-refractivity contribution >= 4 is 17.5 Å². The van der Waals surface area contributed by atoms with Gasteiger partial charge < -0.3 is 19.3 Å². The smallest absolute Gasteiger partial charge is 0.235 e. The number of methoxy groups -OCH3 is 1. The molecule has 0 spiro atoms. The average Bonchev–Trinajstić information content (AvgIpc) is 3.17. The first-order chi connectivity index (χ1) is 11.5. The third-order valence-electron chi connectivity index (χ3n) is 3.90. The SMILES string of the molecule is COCCOc1ccc(Cl)cc1-c1noc(C2(C)CNC(=O)C2)n1. The van der Waals surface area contributed by atoms with Gasteiger partial charge in [-0.1, -0.05) is 16.8 Å². The second-order valence-electron chi connectivity index (χ2n) is 5.92. The largest absolute Gasteiger partial charge is 0.490 e. The number of rotatable bonds is 6. The lowest BCUT2D eigenvalue weighted by Crippen LogP contribution is -2.25. The summed E-state index contributed by atoms with van der Waals surface area (Å²) >= 11 is 6.09. The molecule has 128 valence electrons. The number of benzene rings is 1. The number of ether oxygens (including phenoxy) is 2. The highest BCUT2D eigenvalue weighted by atomic mass is 35.5. The summed E-state index contributed by atoms with van der Waals surface area (Å²) in [6.45, 7) is 3.24. The van der Waals surface area contributed by atoms with Gasteiger partial charge >= 0.3 is 0 Å². The molecular weight excluding hydrogens is 334 g/mol. The molecule has 1 N–H and O–H groups in total. The molecule has 1 aromatic carbocycles. The Morgan fingerprint density at radius 3 is 2.96 bits per heavy atom. The van der Waals surface area contributed by atoms with Gasteiger partial charge in [0.2, 0.25) is 17.6 Å². The van der Waals surface area contributed by atoms with Gasteiger partial charge in [-0.25, -0.2) is 0 Å². The minimum atomic E-state index is -0.502. The third kappa shape index (κ3) is 3.37. The van der Waals surface area contributed by atoms with Gasteiger partial charge in [-0.3, -0.25) is 4.79 Å². The Morgan fingerprint density at radius 1 is 1.42 bits per heavy atom. The van der Waals surface area contributed by atoms with E-state index in [1.54, 1.807) is 25.3 Å². The van der Waals surface area contributed by atoms with Crippen LogP contribution in [0.4, 0.5) is 0 Å². The number of carbonyl (C=O) groups excluding carboxylic acids is 1. The average molecular weight is 352 g/mol. The number of nitrogens with one attached hydrogen (secondary N) is 1. The molecule has 8 heteroatoms. The molecule has 1 unspecified atom stereocenters. The van der Waals surface area contributed by atoms with Crippen molar-refractivity contribution in [2.75, 3.05) is 26.9 Å². The number of nitrogens with zero attached hydrogens (tertiary/aromatic N) is 2. The van der Waals surface area contributed by atoms with Crippen LogP contribution in [0.15, 0.2) is 22.7 Å². The second-order valence-corrected chi connectivity index (χ2v) is 6.36. The Morgan fingerprint density at radius 2 is 2.25 bits per heavy atom. The van der Waals surface area contributed by atoms with E-state index >= 15 is 0 Å². The number of hydrogen-bond donors (Lipinski definition) is 1. The molecular formula is C16H18ClN3O4. The summed E-state index contributed by atoms with van der Waals surface area (Å²) in [5.41, 5.74) is 0.132. The predicted molar refractivity (Wildman–Crippen MR) is 87.1 cm³/mol. The van der Waals surface area contributed by atoms with Crippen molar-refractivity contribution in [1.29, 1.82) is 0 Å². The minimum Gasteiger partial charge on any atom is -0.490 e. The first kappa shape index (κ1) is 16.7. The van der Waals surface area contributed by atoms with E-state index in [9.17, 15) is 4.79 Å². The summed E-state index contributed by atoms with van der Waals surface area (Å²) in [5.74, 6) is 1.36. The number of aromatic nitrogens is 2. The van der Waals surface area contributed by atoms with Crippen LogP contribution in [0.2, 0.25) is 5.02 Å². The molecule has 1 saturated heterocycles. The van der Waals surface area contributed by atoms with E-state index in [4.69, 9.17) is 25.6 Å². The Hall–Kier alpha value is -2.12. The molecule has 0 radical (unpaired) electrons. The summed E-state index contributed by atoms with van der Waals surface area (Å²) in [6, 6.07) is 5.21. The lowest BCUT2D eigenvalue weighted by Gasteiger charge is -2.14. The summed E-state index contributed by atoms with van der Waals surface area (Å²) in [5, 5.41) is 7.36. The summed E-state index contributed by atoms with van der Waals surface area (Å²) in [7, 11) is 1.61. The molecule has 2 heterocycles. The van der Waals surface area contributed by atoms with E-state index in [1.165, 1.54) is 0 Å². The predicted octanol–water partition coefficient (Wildman–Crippen LogP) is 2.19. The lowest BCUT2D eigenvalue weighted by atomic mass is 9.89. The van der Waals surface area contributed by atoms with Crippen LogP contribution in [-0.4, -0.2) is 42.9 Å². The van der Waals surface area contributed by atoms with Crippen molar-refractivity contribution in [3.63, 3.8) is 0 Å². The molecule has 24 heavy (non-hydrogen) atoms. The highest BCUT2D eigenvalue weighted by Gasteiger charge is 2.40. The van der Waals surface area contributed by atoms with Crippen molar-refractivity contribution in [2.24, 2.45) is 0 Å². The molecule has 7 nitrogen and oxygen atoms in total. The number of hydrogen-bond acceptors (Lipinski definition) is 6. The van der Waals surface area contributed by atoms with Crippen molar-refractivity contribution in [2.45, 2.75) is 18.8 Å². The normalized spacial score (nSPS) is 20.2. The first-order valence-corrected chi connectivity index (χ1v) is 7.92. The van der Waals surface area contributed by atoms with Gasteiger partial charge in [0.1, 0.15) is 12.4 Å². The Labute approximate surface area is 144 Å². The van der Waals surface area contributed by atoms with Crippen LogP contribution in [0.25, 0.3) is 11.4 Å². The van der Waals surface area contributed by atoms with Crippen LogP contribution in [0, 0.1) is 0 Å². The fraction of sp³-hybridized carbons (Fsp3) is 0.438. The van der Waals surface area contributed by atoms with Crippen molar-refractivity contribution in [3.05, 3.63) is 29.1 Å². The zero-order valence-electron chi connectivity index (χ0n) is 13.5. The first-order valence-electron chi connectivity index (χ1n) is 7.54. The molecule has 0 aliphatic carbocycles. The van der Waals surface area contributed by atoms with Crippen LogP contribution in [0.5, 0.6) is 5.75 Å². The second kappa shape index (κ2) is 6.78. The van der Waals surface area contributed by atoms with Crippen molar-refractivity contribution in [3.8, 4) is 17.1 Å². The Balaban J connectivity index is 1.89. The topological polar surface area (TPSA) is 86.5 Å². The van der Waals surface area contributed by atoms with Gasteiger partial charge in [0, 0.05) is 25.1 Å². The van der Waals surface area contributed by atoms with Gasteiger partial charge in [0.25, 0.3) is 0 Å². The zero-order valence-corrected chi connectivity index (χ0v) is 14.2. The van der Waals surface area contributed by atoms with Crippen LogP contribution >= 0.6 is 11.6 Å². The Kier molecular flexibility index (Phi) is 4.73. The molecule has 1 atom stereocenters. The van der Waals surface area contributed by atoms with Crippen LogP contribution < -0.4 is 10.1 Å². The molecule has 0 saturated carbocycles. The number of halogens is 1.